The normalized spacial score (nSPS) is 14.2. The highest BCUT2D eigenvalue weighted by Gasteiger charge is 2.31. The van der Waals surface area contributed by atoms with Gasteiger partial charge in [-0.3, -0.25) is 0 Å². The van der Waals surface area contributed by atoms with Gasteiger partial charge in [0, 0.05) is 0 Å². The van der Waals surface area contributed by atoms with Crippen LogP contribution in [0.4, 0.5) is 4.39 Å². The molecule has 0 fully saturated rings. The van der Waals surface area contributed by atoms with Crippen LogP contribution in [0.15, 0.2) is 0 Å². The van der Waals surface area contributed by atoms with E-state index in [1.54, 1.807) is 13.8 Å². The number of alkyl halides is 1. The summed E-state index contributed by atoms with van der Waals surface area (Å²) in [5.74, 6) is 0. The predicted molar refractivity (Wildman–Crippen MR) is 34.6 cm³/mol. The number of halogens is 1. The van der Waals surface area contributed by atoms with Crippen molar-refractivity contribution in [3.8, 4) is 0 Å². The second-order valence-electron chi connectivity index (χ2n) is 3.72. The summed E-state index contributed by atoms with van der Waals surface area (Å²) in [4.78, 5) is 0. The lowest BCUT2D eigenvalue weighted by atomic mass is 9.81. The molecule has 0 aromatic rings. The first-order chi connectivity index (χ1) is 3.25. The summed E-state index contributed by atoms with van der Waals surface area (Å²) < 4.78 is 12.9. The average Bonchev–Trinajstić information content (AvgIpc) is 1.25. The smallest absolute Gasteiger partial charge is 0.110 e. The van der Waals surface area contributed by atoms with Crippen LogP contribution in [0.3, 0.4) is 0 Å². The molecule has 0 N–H and O–H groups in total. The summed E-state index contributed by atoms with van der Waals surface area (Å²) >= 11 is 0. The SMILES string of the molecule is CC(C)(C)C(C)(C)F. The highest BCUT2D eigenvalue weighted by Crippen LogP contribution is 2.32. The lowest BCUT2D eigenvalue weighted by Gasteiger charge is -2.30. The maximum atomic E-state index is 12.9. The summed E-state index contributed by atoms with van der Waals surface area (Å²) in [6.45, 7) is 8.90. The fourth-order valence-corrected chi connectivity index (χ4v) is 0. The first-order valence-electron chi connectivity index (χ1n) is 2.94. The zero-order valence-electron chi connectivity index (χ0n) is 6.38. The Morgan fingerprint density at radius 3 is 1.00 bits per heavy atom. The molecule has 0 amide bonds. The van der Waals surface area contributed by atoms with E-state index < -0.39 is 5.67 Å². The standard InChI is InChI=1S/C7H15F/c1-6(2,3)7(4,5)8/h1-5H3. The van der Waals surface area contributed by atoms with E-state index >= 15 is 0 Å². The van der Waals surface area contributed by atoms with Gasteiger partial charge in [-0.05, 0) is 19.3 Å². The van der Waals surface area contributed by atoms with Gasteiger partial charge in [-0.1, -0.05) is 20.8 Å². The first-order valence-corrected chi connectivity index (χ1v) is 2.94. The minimum absolute atomic E-state index is 0.229. The molecule has 0 aliphatic heterocycles. The molecule has 0 aromatic carbocycles. The third-order valence-electron chi connectivity index (χ3n) is 1.78. The van der Waals surface area contributed by atoms with E-state index in [1.165, 1.54) is 0 Å². The van der Waals surface area contributed by atoms with E-state index in [9.17, 15) is 4.39 Å². The van der Waals surface area contributed by atoms with Crippen molar-refractivity contribution in [3.63, 3.8) is 0 Å². The van der Waals surface area contributed by atoms with E-state index in [2.05, 4.69) is 0 Å². The van der Waals surface area contributed by atoms with Gasteiger partial charge in [0.25, 0.3) is 0 Å². The molecule has 0 atom stereocenters. The van der Waals surface area contributed by atoms with Gasteiger partial charge in [0.1, 0.15) is 5.67 Å². The van der Waals surface area contributed by atoms with Crippen LogP contribution < -0.4 is 0 Å². The van der Waals surface area contributed by atoms with E-state index in [1.807, 2.05) is 20.8 Å². The van der Waals surface area contributed by atoms with Crippen LogP contribution in [0, 0.1) is 5.41 Å². The Morgan fingerprint density at radius 1 is 0.875 bits per heavy atom. The van der Waals surface area contributed by atoms with Crippen molar-refractivity contribution < 1.29 is 4.39 Å². The van der Waals surface area contributed by atoms with Crippen LogP contribution in [0.5, 0.6) is 0 Å². The Balaban J connectivity index is 4.02. The molecule has 0 bridgehead atoms. The van der Waals surface area contributed by atoms with Gasteiger partial charge in [0.05, 0.1) is 0 Å². The molecule has 0 aliphatic carbocycles. The second kappa shape index (κ2) is 1.71. The predicted octanol–water partition coefficient (Wildman–Crippen LogP) is 2.78. The third-order valence-corrected chi connectivity index (χ3v) is 1.78. The highest BCUT2D eigenvalue weighted by atomic mass is 19.1. The summed E-state index contributed by atoms with van der Waals surface area (Å²) in [5.41, 5.74) is -1.29. The van der Waals surface area contributed by atoms with Crippen LogP contribution in [0.1, 0.15) is 34.6 Å². The maximum absolute atomic E-state index is 12.9. The monoisotopic (exact) mass is 118 g/mol. The lowest BCUT2D eigenvalue weighted by Crippen LogP contribution is -2.31. The maximum Gasteiger partial charge on any atom is 0.110 e. The lowest BCUT2D eigenvalue weighted by molar-refractivity contribution is 0.0685. The van der Waals surface area contributed by atoms with Gasteiger partial charge >= 0.3 is 0 Å². The Hall–Kier alpha value is -0.0700. The molecular weight excluding hydrogens is 103 g/mol. The van der Waals surface area contributed by atoms with Crippen LogP contribution in [0.2, 0.25) is 0 Å². The molecule has 0 nitrogen and oxygen atoms in total. The van der Waals surface area contributed by atoms with Gasteiger partial charge in [0.15, 0.2) is 0 Å². The summed E-state index contributed by atoms with van der Waals surface area (Å²) in [7, 11) is 0. The van der Waals surface area contributed by atoms with Crippen molar-refractivity contribution in [1.29, 1.82) is 0 Å². The molecule has 0 rings (SSSR count). The van der Waals surface area contributed by atoms with Crippen molar-refractivity contribution in [2.24, 2.45) is 5.41 Å². The molecule has 50 valence electrons. The van der Waals surface area contributed by atoms with E-state index in [4.69, 9.17) is 0 Å². The van der Waals surface area contributed by atoms with Gasteiger partial charge < -0.3 is 0 Å². The zero-order chi connectivity index (χ0) is 7.00. The summed E-state index contributed by atoms with van der Waals surface area (Å²) in [5, 5.41) is 0. The van der Waals surface area contributed by atoms with E-state index in [0.29, 0.717) is 0 Å². The Morgan fingerprint density at radius 2 is 1.00 bits per heavy atom. The van der Waals surface area contributed by atoms with Crippen molar-refractivity contribution in [1.82, 2.24) is 0 Å². The molecule has 0 saturated heterocycles. The van der Waals surface area contributed by atoms with Crippen molar-refractivity contribution in [2.45, 2.75) is 40.3 Å². The molecule has 1 heteroatoms. The highest BCUT2D eigenvalue weighted by molar-refractivity contribution is 4.81. The molecular formula is C7H15F. The topological polar surface area (TPSA) is 0 Å². The largest absolute Gasteiger partial charge is 0.244 e. The molecule has 0 aliphatic rings. The molecule has 0 saturated carbocycles. The first kappa shape index (κ1) is 7.93. The van der Waals surface area contributed by atoms with E-state index in [0.717, 1.165) is 0 Å². The summed E-state index contributed by atoms with van der Waals surface area (Å²) in [6.07, 6.45) is 0. The number of hydrogen-bond donors (Lipinski definition) is 0. The van der Waals surface area contributed by atoms with Gasteiger partial charge in [-0.15, -0.1) is 0 Å². The number of hydrogen-bond acceptors (Lipinski definition) is 0. The van der Waals surface area contributed by atoms with Crippen LogP contribution in [0.25, 0.3) is 0 Å². The third kappa shape index (κ3) is 1.81. The van der Waals surface area contributed by atoms with Gasteiger partial charge in [0.2, 0.25) is 0 Å². The van der Waals surface area contributed by atoms with Gasteiger partial charge in [-0.25, -0.2) is 4.39 Å². The van der Waals surface area contributed by atoms with Crippen LogP contribution in [-0.4, -0.2) is 5.67 Å². The molecule has 0 unspecified atom stereocenters. The Labute approximate surface area is 51.1 Å². The van der Waals surface area contributed by atoms with Crippen molar-refractivity contribution >= 4 is 0 Å². The van der Waals surface area contributed by atoms with Gasteiger partial charge in [-0.2, -0.15) is 0 Å². The van der Waals surface area contributed by atoms with Crippen LogP contribution in [-0.2, 0) is 0 Å². The molecule has 0 aromatic heterocycles. The van der Waals surface area contributed by atoms with E-state index in [-0.39, 0.29) is 5.41 Å². The minimum Gasteiger partial charge on any atom is -0.244 e. The fourth-order valence-electron chi connectivity index (χ4n) is 0. The zero-order valence-corrected chi connectivity index (χ0v) is 6.38. The quantitative estimate of drug-likeness (QED) is 0.459. The molecule has 0 heterocycles. The van der Waals surface area contributed by atoms with Crippen molar-refractivity contribution in [2.75, 3.05) is 0 Å². The van der Waals surface area contributed by atoms with Crippen molar-refractivity contribution in [3.05, 3.63) is 0 Å². The molecule has 0 radical (unpaired) electrons. The molecule has 0 spiro atoms. The summed E-state index contributed by atoms with van der Waals surface area (Å²) in [6, 6.07) is 0. The minimum atomic E-state index is -1.06. The average molecular weight is 118 g/mol. The Bertz CT molecular complexity index is 59.4. The molecule has 8 heavy (non-hydrogen) atoms. The number of rotatable bonds is 0. The Kier molecular flexibility index (Phi) is 1.70. The van der Waals surface area contributed by atoms with Crippen LogP contribution >= 0.6 is 0 Å². The second-order valence-corrected chi connectivity index (χ2v) is 3.72. The fraction of sp³-hybridized carbons (Fsp3) is 1.00.